The van der Waals surface area contributed by atoms with E-state index in [1.54, 1.807) is 6.07 Å². The van der Waals surface area contributed by atoms with E-state index in [9.17, 15) is 4.79 Å². The highest BCUT2D eigenvalue weighted by Crippen LogP contribution is 2.03. The van der Waals surface area contributed by atoms with Crippen LogP contribution in [0.25, 0.3) is 0 Å². The molecule has 0 unspecified atom stereocenters. The van der Waals surface area contributed by atoms with Gasteiger partial charge >= 0.3 is 5.56 Å². The Bertz CT molecular complexity index is 341. The van der Waals surface area contributed by atoms with E-state index in [1.165, 1.54) is 7.05 Å². The number of nitrogens with one attached hydrogen (secondary N) is 1. The molecule has 0 spiro atoms. The lowest BCUT2D eigenvalue weighted by Gasteiger charge is -1.80. The molecule has 52 valence electrons. The van der Waals surface area contributed by atoms with E-state index in [-0.39, 0.29) is 5.69 Å². The fourth-order valence-electron chi connectivity index (χ4n) is 0.615. The van der Waals surface area contributed by atoms with Gasteiger partial charge < -0.3 is 5.11 Å². The molecular weight excluding hydrogens is 134 g/mol. The summed E-state index contributed by atoms with van der Waals surface area (Å²) in [4.78, 5) is 10.7. The maximum Gasteiger partial charge on any atom is 0.309 e. The summed E-state index contributed by atoms with van der Waals surface area (Å²) in [6, 6.07) is 1.63. The van der Waals surface area contributed by atoms with E-state index in [1.807, 2.05) is 0 Å². The molecule has 0 aliphatic rings. The van der Waals surface area contributed by atoms with Gasteiger partial charge in [0.25, 0.3) is 0 Å². The van der Waals surface area contributed by atoms with E-state index < -0.39 is 11.3 Å². The second kappa shape index (κ2) is 1.92. The molecule has 1 aromatic heterocycles. The van der Waals surface area contributed by atoms with Gasteiger partial charge in [-0.05, 0) is 0 Å². The number of hydrogen-bond acceptors (Lipinski definition) is 3. The van der Waals surface area contributed by atoms with Crippen LogP contribution in [0, 0.1) is 11.3 Å². The third-order valence-corrected chi connectivity index (χ3v) is 1.14. The fraction of sp³-hybridized carbons (Fsp3) is 0.200. The lowest BCUT2D eigenvalue weighted by Crippen LogP contribution is -2.10. The SMILES string of the molecule is Cn1[nH]c(C#N)c(O)c1=O. The predicted molar refractivity (Wildman–Crippen MR) is 32.4 cm³/mol. The molecule has 0 aliphatic carbocycles. The molecule has 5 heteroatoms. The summed E-state index contributed by atoms with van der Waals surface area (Å²) >= 11 is 0. The van der Waals surface area contributed by atoms with Gasteiger partial charge in [-0.15, -0.1) is 0 Å². The quantitative estimate of drug-likeness (QED) is 0.498. The van der Waals surface area contributed by atoms with Gasteiger partial charge in [-0.25, -0.2) is 0 Å². The van der Waals surface area contributed by atoms with Crippen LogP contribution in [-0.2, 0) is 7.05 Å². The van der Waals surface area contributed by atoms with Crippen LogP contribution in [0.4, 0.5) is 0 Å². The summed E-state index contributed by atoms with van der Waals surface area (Å²) in [5.74, 6) is -0.523. The third kappa shape index (κ3) is 0.666. The van der Waals surface area contributed by atoms with Crippen LogP contribution in [-0.4, -0.2) is 14.9 Å². The highest BCUT2D eigenvalue weighted by molar-refractivity contribution is 5.33. The molecule has 5 nitrogen and oxygen atoms in total. The summed E-state index contributed by atoms with van der Waals surface area (Å²) in [5, 5.41) is 19.4. The van der Waals surface area contributed by atoms with E-state index in [0.717, 1.165) is 4.68 Å². The molecule has 2 N–H and O–H groups in total. The number of rotatable bonds is 0. The van der Waals surface area contributed by atoms with Crippen molar-refractivity contribution in [1.29, 1.82) is 5.26 Å². The average molecular weight is 139 g/mol. The number of H-pyrrole nitrogens is 1. The van der Waals surface area contributed by atoms with Gasteiger partial charge in [0, 0.05) is 7.05 Å². The van der Waals surface area contributed by atoms with Crippen molar-refractivity contribution in [2.45, 2.75) is 0 Å². The third-order valence-electron chi connectivity index (χ3n) is 1.14. The Kier molecular flexibility index (Phi) is 1.23. The highest BCUT2D eigenvalue weighted by atomic mass is 16.3. The summed E-state index contributed by atoms with van der Waals surface area (Å²) in [6.07, 6.45) is 0. The topological polar surface area (TPSA) is 81.8 Å². The Morgan fingerprint density at radius 2 is 2.40 bits per heavy atom. The number of aromatic hydroxyl groups is 1. The number of aromatic nitrogens is 2. The second-order valence-electron chi connectivity index (χ2n) is 1.81. The molecule has 0 saturated heterocycles. The van der Waals surface area contributed by atoms with Gasteiger partial charge in [-0.3, -0.25) is 14.6 Å². The van der Waals surface area contributed by atoms with E-state index in [2.05, 4.69) is 5.10 Å². The van der Waals surface area contributed by atoms with Gasteiger partial charge in [0.05, 0.1) is 0 Å². The van der Waals surface area contributed by atoms with E-state index in [0.29, 0.717) is 0 Å². The molecule has 0 bridgehead atoms. The van der Waals surface area contributed by atoms with Crippen molar-refractivity contribution >= 4 is 0 Å². The predicted octanol–water partition coefficient (Wildman–Crippen LogP) is -0.709. The summed E-state index contributed by atoms with van der Waals surface area (Å²) in [5.41, 5.74) is -0.691. The molecule has 0 amide bonds. The number of nitriles is 1. The number of hydrogen-bond donors (Lipinski definition) is 2. The lowest BCUT2D eigenvalue weighted by molar-refractivity contribution is 0.467. The molecule has 10 heavy (non-hydrogen) atoms. The van der Waals surface area contributed by atoms with Crippen molar-refractivity contribution in [3.05, 3.63) is 16.0 Å². The van der Waals surface area contributed by atoms with Crippen molar-refractivity contribution in [1.82, 2.24) is 9.78 Å². The van der Waals surface area contributed by atoms with Crippen molar-refractivity contribution in [2.24, 2.45) is 7.05 Å². The largest absolute Gasteiger partial charge is 0.501 e. The van der Waals surface area contributed by atoms with Crippen molar-refractivity contribution in [2.75, 3.05) is 0 Å². The number of nitrogens with zero attached hydrogens (tertiary/aromatic N) is 2. The van der Waals surface area contributed by atoms with Crippen LogP contribution in [0.2, 0.25) is 0 Å². The van der Waals surface area contributed by atoms with Crippen LogP contribution in [0.1, 0.15) is 5.69 Å². The summed E-state index contributed by atoms with van der Waals surface area (Å²) in [7, 11) is 1.42. The molecular formula is C5H5N3O2. The van der Waals surface area contributed by atoms with Crippen molar-refractivity contribution in [3.8, 4) is 11.8 Å². The van der Waals surface area contributed by atoms with Crippen LogP contribution >= 0.6 is 0 Å². The van der Waals surface area contributed by atoms with Crippen LogP contribution in [0.15, 0.2) is 4.79 Å². The van der Waals surface area contributed by atoms with Gasteiger partial charge in [-0.2, -0.15) is 5.26 Å². The zero-order valence-corrected chi connectivity index (χ0v) is 5.25. The van der Waals surface area contributed by atoms with Gasteiger partial charge in [-0.1, -0.05) is 0 Å². The Balaban J connectivity index is 3.50. The molecule has 0 aliphatic heterocycles. The first kappa shape index (κ1) is 6.42. The minimum absolute atomic E-state index is 0.104. The minimum Gasteiger partial charge on any atom is -0.501 e. The Labute approximate surface area is 56.1 Å². The molecule has 0 radical (unpaired) electrons. The first-order valence-electron chi connectivity index (χ1n) is 2.55. The fourth-order valence-corrected chi connectivity index (χ4v) is 0.615. The highest BCUT2D eigenvalue weighted by Gasteiger charge is 2.08. The second-order valence-corrected chi connectivity index (χ2v) is 1.81. The maximum absolute atomic E-state index is 10.7. The molecule has 0 aromatic carbocycles. The molecule has 1 heterocycles. The Hall–Kier alpha value is -1.70. The normalized spacial score (nSPS) is 9.20. The molecule has 0 atom stereocenters. The van der Waals surface area contributed by atoms with Crippen molar-refractivity contribution < 1.29 is 5.11 Å². The maximum atomic E-state index is 10.7. The number of aromatic amines is 1. The standard InChI is InChI=1S/C5H5N3O2/c1-8-5(10)4(9)3(2-6)7-8/h7,9H,1H3. The Morgan fingerprint density at radius 1 is 1.80 bits per heavy atom. The molecule has 0 saturated carbocycles. The van der Waals surface area contributed by atoms with E-state index >= 15 is 0 Å². The molecule has 0 fully saturated rings. The lowest BCUT2D eigenvalue weighted by atomic mass is 10.4. The van der Waals surface area contributed by atoms with Crippen LogP contribution in [0.5, 0.6) is 5.75 Å². The average Bonchev–Trinajstić information content (AvgIpc) is 2.17. The first-order valence-corrected chi connectivity index (χ1v) is 2.55. The minimum atomic E-state index is -0.587. The monoisotopic (exact) mass is 139 g/mol. The Morgan fingerprint density at radius 3 is 2.60 bits per heavy atom. The molecule has 1 aromatic rings. The van der Waals surface area contributed by atoms with Crippen molar-refractivity contribution in [3.63, 3.8) is 0 Å². The van der Waals surface area contributed by atoms with E-state index in [4.69, 9.17) is 10.4 Å². The smallest absolute Gasteiger partial charge is 0.309 e. The zero-order chi connectivity index (χ0) is 7.72. The summed E-state index contributed by atoms with van der Waals surface area (Å²) in [6.45, 7) is 0. The summed E-state index contributed by atoms with van der Waals surface area (Å²) < 4.78 is 1.04. The zero-order valence-electron chi connectivity index (χ0n) is 5.25. The van der Waals surface area contributed by atoms with Crippen LogP contribution < -0.4 is 5.56 Å². The first-order chi connectivity index (χ1) is 4.66. The van der Waals surface area contributed by atoms with Gasteiger partial charge in [0.15, 0.2) is 5.69 Å². The molecule has 1 rings (SSSR count). The van der Waals surface area contributed by atoms with Gasteiger partial charge in [0.1, 0.15) is 6.07 Å². The van der Waals surface area contributed by atoms with Crippen LogP contribution in [0.3, 0.4) is 0 Å². The number of aryl methyl sites for hydroxylation is 1. The van der Waals surface area contributed by atoms with Gasteiger partial charge in [0.2, 0.25) is 5.75 Å².